The van der Waals surface area contributed by atoms with Gasteiger partial charge >= 0.3 is 0 Å². The fourth-order valence-electron chi connectivity index (χ4n) is 1.72. The highest BCUT2D eigenvalue weighted by Gasteiger charge is 2.19. The van der Waals surface area contributed by atoms with Crippen LogP contribution in [-0.4, -0.2) is 4.08 Å². The lowest BCUT2D eigenvalue weighted by atomic mass is 10.2. The summed E-state index contributed by atoms with van der Waals surface area (Å²) in [4.78, 5) is 0. The Bertz CT molecular complexity index is 511. The van der Waals surface area contributed by atoms with Crippen LogP contribution in [0.15, 0.2) is 48.5 Å². The third kappa shape index (κ3) is 6.15. The maximum atomic E-state index is 5.91. The van der Waals surface area contributed by atoms with Crippen LogP contribution < -0.4 is 0 Å². The maximum Gasteiger partial charge on any atom is 0.0561 e. The van der Waals surface area contributed by atoms with Gasteiger partial charge in [0.2, 0.25) is 0 Å². The zero-order valence-electron chi connectivity index (χ0n) is 12.1. The third-order valence-electron chi connectivity index (χ3n) is 3.00. The first-order chi connectivity index (χ1) is 9.94. The summed E-state index contributed by atoms with van der Waals surface area (Å²) in [5.74, 6) is 2.00. The van der Waals surface area contributed by atoms with Crippen LogP contribution >= 0.6 is 46.7 Å². The van der Waals surface area contributed by atoms with Crippen molar-refractivity contribution in [3.05, 3.63) is 69.7 Å². The van der Waals surface area contributed by atoms with Crippen molar-refractivity contribution in [2.24, 2.45) is 0 Å². The summed E-state index contributed by atoms with van der Waals surface area (Å²) in [6.45, 7) is 4.54. The predicted molar refractivity (Wildman–Crippen MR) is 99.6 cm³/mol. The van der Waals surface area contributed by atoms with Crippen LogP contribution in [0.4, 0.5) is 0 Å². The molecule has 0 unspecified atom stereocenters. The van der Waals surface area contributed by atoms with Gasteiger partial charge in [0, 0.05) is 21.6 Å². The lowest BCUT2D eigenvalue weighted by molar-refractivity contribution is 1.02. The first kappa shape index (κ1) is 17.1. The van der Waals surface area contributed by atoms with E-state index >= 15 is 0 Å². The Kier molecular flexibility index (Phi) is 6.36. The molecule has 0 aliphatic carbocycles. The highest BCUT2D eigenvalue weighted by molar-refractivity contribution is 8.17. The molecule has 112 valence electrons. The van der Waals surface area contributed by atoms with E-state index in [4.69, 9.17) is 23.2 Å². The molecule has 0 radical (unpaired) electrons. The van der Waals surface area contributed by atoms with Gasteiger partial charge in [0.25, 0.3) is 0 Å². The molecular weight excluding hydrogens is 339 g/mol. The van der Waals surface area contributed by atoms with Gasteiger partial charge in [-0.1, -0.05) is 47.5 Å². The smallest absolute Gasteiger partial charge is 0.0561 e. The number of thioether (sulfide) groups is 2. The van der Waals surface area contributed by atoms with Crippen LogP contribution in [0.25, 0.3) is 0 Å². The first-order valence-corrected chi connectivity index (χ1v) is 9.44. The molecule has 0 aliphatic heterocycles. The van der Waals surface area contributed by atoms with E-state index in [-0.39, 0.29) is 4.08 Å². The topological polar surface area (TPSA) is 0 Å². The molecule has 2 aromatic carbocycles. The molecular formula is C17H18Cl2S2. The standard InChI is InChI=1S/C17H18Cl2S2/c1-17(2,20-11-13-3-7-15(18)8-4-13)21-12-14-5-9-16(19)10-6-14/h3-10H,11-12H2,1-2H3. The van der Waals surface area contributed by atoms with Crippen molar-refractivity contribution in [2.75, 3.05) is 0 Å². The highest BCUT2D eigenvalue weighted by Crippen LogP contribution is 2.40. The van der Waals surface area contributed by atoms with Gasteiger partial charge in [0.15, 0.2) is 0 Å². The highest BCUT2D eigenvalue weighted by atomic mass is 35.5. The van der Waals surface area contributed by atoms with Crippen molar-refractivity contribution in [1.82, 2.24) is 0 Å². The van der Waals surface area contributed by atoms with Crippen LogP contribution in [0.5, 0.6) is 0 Å². The minimum atomic E-state index is 0.166. The molecule has 0 atom stereocenters. The molecule has 0 saturated carbocycles. The van der Waals surface area contributed by atoms with Crippen molar-refractivity contribution < 1.29 is 0 Å². The summed E-state index contributed by atoms with van der Waals surface area (Å²) in [5.41, 5.74) is 2.62. The van der Waals surface area contributed by atoms with Gasteiger partial charge in [-0.3, -0.25) is 0 Å². The predicted octanol–water partition coefficient (Wildman–Crippen LogP) is 6.90. The van der Waals surface area contributed by atoms with Crippen molar-refractivity contribution >= 4 is 46.7 Å². The van der Waals surface area contributed by atoms with Crippen molar-refractivity contribution in [3.63, 3.8) is 0 Å². The lowest BCUT2D eigenvalue weighted by Gasteiger charge is -2.23. The van der Waals surface area contributed by atoms with E-state index in [9.17, 15) is 0 Å². The van der Waals surface area contributed by atoms with E-state index in [1.165, 1.54) is 11.1 Å². The molecule has 4 heteroatoms. The van der Waals surface area contributed by atoms with E-state index in [1.807, 2.05) is 47.8 Å². The van der Waals surface area contributed by atoms with Gasteiger partial charge in [-0.2, -0.15) is 0 Å². The van der Waals surface area contributed by atoms with Crippen LogP contribution in [0, 0.1) is 0 Å². The molecule has 21 heavy (non-hydrogen) atoms. The molecule has 0 aromatic heterocycles. The number of benzene rings is 2. The molecule has 0 fully saturated rings. The van der Waals surface area contributed by atoms with Crippen LogP contribution in [-0.2, 0) is 11.5 Å². The molecule has 0 nitrogen and oxygen atoms in total. The Morgan fingerprint density at radius 2 is 1.05 bits per heavy atom. The van der Waals surface area contributed by atoms with E-state index in [0.717, 1.165) is 21.6 Å². The maximum absolute atomic E-state index is 5.91. The minimum Gasteiger partial charge on any atom is -0.140 e. The van der Waals surface area contributed by atoms with Gasteiger partial charge in [-0.25, -0.2) is 0 Å². The summed E-state index contributed by atoms with van der Waals surface area (Å²) in [5, 5.41) is 1.58. The van der Waals surface area contributed by atoms with Crippen molar-refractivity contribution in [1.29, 1.82) is 0 Å². The fraction of sp³-hybridized carbons (Fsp3) is 0.294. The quantitative estimate of drug-likeness (QED) is 0.516. The normalized spacial score (nSPS) is 11.6. The number of rotatable bonds is 6. The lowest BCUT2D eigenvalue weighted by Crippen LogP contribution is -2.09. The largest absolute Gasteiger partial charge is 0.140 e. The Labute approximate surface area is 145 Å². The fourth-order valence-corrected chi connectivity index (χ4v) is 4.07. The average Bonchev–Trinajstić information content (AvgIpc) is 2.46. The monoisotopic (exact) mass is 356 g/mol. The Balaban J connectivity index is 1.83. The molecule has 0 saturated heterocycles. The minimum absolute atomic E-state index is 0.166. The van der Waals surface area contributed by atoms with Crippen LogP contribution in [0.1, 0.15) is 25.0 Å². The van der Waals surface area contributed by atoms with E-state index < -0.39 is 0 Å². The van der Waals surface area contributed by atoms with Gasteiger partial charge < -0.3 is 0 Å². The summed E-state index contributed by atoms with van der Waals surface area (Å²) >= 11 is 15.7. The zero-order chi connectivity index (χ0) is 15.3. The van der Waals surface area contributed by atoms with Crippen molar-refractivity contribution in [2.45, 2.75) is 29.4 Å². The zero-order valence-corrected chi connectivity index (χ0v) is 15.3. The summed E-state index contributed by atoms with van der Waals surface area (Å²) < 4.78 is 0.166. The number of halogens is 2. The van der Waals surface area contributed by atoms with E-state index in [0.29, 0.717) is 0 Å². The van der Waals surface area contributed by atoms with Gasteiger partial charge in [0.05, 0.1) is 4.08 Å². The summed E-state index contributed by atoms with van der Waals surface area (Å²) in [6.07, 6.45) is 0. The van der Waals surface area contributed by atoms with Gasteiger partial charge in [-0.05, 0) is 49.2 Å². The molecule has 0 amide bonds. The van der Waals surface area contributed by atoms with Crippen molar-refractivity contribution in [3.8, 4) is 0 Å². The molecule has 0 spiro atoms. The SMILES string of the molecule is CC(C)(SCc1ccc(Cl)cc1)SCc1ccc(Cl)cc1. The van der Waals surface area contributed by atoms with Crippen LogP contribution in [0.3, 0.4) is 0 Å². The molecule has 0 heterocycles. The third-order valence-corrected chi connectivity index (χ3v) is 6.56. The summed E-state index contributed by atoms with van der Waals surface area (Å²) in [7, 11) is 0. The van der Waals surface area contributed by atoms with E-state index in [2.05, 4.69) is 38.1 Å². The average molecular weight is 357 g/mol. The molecule has 0 bridgehead atoms. The Morgan fingerprint density at radius 3 is 1.38 bits per heavy atom. The number of hydrogen-bond donors (Lipinski definition) is 0. The Hall–Kier alpha value is -0.280. The molecule has 0 aliphatic rings. The number of hydrogen-bond acceptors (Lipinski definition) is 2. The van der Waals surface area contributed by atoms with E-state index in [1.54, 1.807) is 0 Å². The second-order valence-electron chi connectivity index (χ2n) is 5.23. The molecule has 2 aromatic rings. The van der Waals surface area contributed by atoms with Gasteiger partial charge in [-0.15, -0.1) is 23.5 Å². The van der Waals surface area contributed by atoms with Gasteiger partial charge in [0.1, 0.15) is 0 Å². The Morgan fingerprint density at radius 1 is 0.714 bits per heavy atom. The second-order valence-corrected chi connectivity index (χ2v) is 9.56. The molecule has 0 N–H and O–H groups in total. The molecule has 2 rings (SSSR count). The first-order valence-electron chi connectivity index (χ1n) is 6.71. The second kappa shape index (κ2) is 7.82. The van der Waals surface area contributed by atoms with Crippen LogP contribution in [0.2, 0.25) is 10.0 Å². The summed E-state index contributed by atoms with van der Waals surface area (Å²) in [6, 6.07) is 16.2.